The monoisotopic (exact) mass is 403 g/mol. The average Bonchev–Trinajstić information content (AvgIpc) is 2.60. The van der Waals surface area contributed by atoms with E-state index in [1.807, 2.05) is 12.1 Å². The second-order valence-corrected chi connectivity index (χ2v) is 7.93. The fraction of sp³-hybridized carbons (Fsp3) is 0.450. The van der Waals surface area contributed by atoms with E-state index in [1.54, 1.807) is 39.1 Å². The second kappa shape index (κ2) is 8.12. The number of anilines is 1. The molecule has 1 atom stereocenters. The summed E-state index contributed by atoms with van der Waals surface area (Å²) in [5.74, 6) is 0.431. The molecule has 9 nitrogen and oxygen atoms in total. The van der Waals surface area contributed by atoms with Crippen molar-refractivity contribution in [3.63, 3.8) is 0 Å². The van der Waals surface area contributed by atoms with Crippen molar-refractivity contribution in [1.82, 2.24) is 9.88 Å². The van der Waals surface area contributed by atoms with Crippen molar-refractivity contribution in [2.75, 3.05) is 25.0 Å². The highest BCUT2D eigenvalue weighted by Gasteiger charge is 2.30. The van der Waals surface area contributed by atoms with Crippen molar-refractivity contribution in [2.24, 2.45) is 0 Å². The maximum atomic E-state index is 11.8. The first kappa shape index (κ1) is 20.7. The summed E-state index contributed by atoms with van der Waals surface area (Å²) >= 11 is 0. The number of rotatable bonds is 6. The topological polar surface area (TPSA) is 121 Å². The quantitative estimate of drug-likeness (QED) is 0.627. The highest BCUT2D eigenvalue weighted by atomic mass is 16.6. The number of hydrogen-bond donors (Lipinski definition) is 3. The smallest absolute Gasteiger partial charge is 0.407 e. The van der Waals surface area contributed by atoms with Crippen molar-refractivity contribution in [3.05, 3.63) is 30.5 Å². The van der Waals surface area contributed by atoms with E-state index in [1.165, 1.54) is 4.90 Å². The third kappa shape index (κ3) is 5.26. The third-order valence-corrected chi connectivity index (χ3v) is 4.32. The molecule has 2 aromatic rings. The lowest BCUT2D eigenvalue weighted by Crippen LogP contribution is -2.56. The van der Waals surface area contributed by atoms with Crippen LogP contribution in [0.5, 0.6) is 5.75 Å². The van der Waals surface area contributed by atoms with E-state index in [-0.39, 0.29) is 12.6 Å². The number of likely N-dealkylation sites (tertiary alicyclic amines) is 1. The molecule has 1 saturated heterocycles. The summed E-state index contributed by atoms with van der Waals surface area (Å²) in [5.41, 5.74) is -0.681. The number of nitrogens with one attached hydrogen (secondary N) is 1. The molecule has 1 unspecified atom stereocenters. The highest BCUT2D eigenvalue weighted by Crippen LogP contribution is 2.27. The minimum absolute atomic E-state index is 0.0177. The molecule has 3 rings (SSSR count). The van der Waals surface area contributed by atoms with E-state index >= 15 is 0 Å². The molecule has 0 radical (unpaired) electrons. The van der Waals surface area contributed by atoms with Gasteiger partial charge < -0.3 is 29.9 Å². The van der Waals surface area contributed by atoms with Crippen LogP contribution in [0.15, 0.2) is 30.5 Å². The Morgan fingerprint density at radius 2 is 2.03 bits per heavy atom. The highest BCUT2D eigenvalue weighted by molar-refractivity contribution is 5.92. The predicted molar refractivity (Wildman–Crippen MR) is 106 cm³/mol. The van der Waals surface area contributed by atoms with Crippen LogP contribution in [0, 0.1) is 0 Å². The number of fused-ring (bicyclic) bond motifs is 1. The van der Waals surface area contributed by atoms with Crippen LogP contribution in [0.2, 0.25) is 0 Å². The van der Waals surface area contributed by atoms with Crippen LogP contribution in [0.1, 0.15) is 20.8 Å². The Kier molecular flexibility index (Phi) is 5.78. The van der Waals surface area contributed by atoms with Gasteiger partial charge in [-0.05, 0) is 50.4 Å². The normalized spacial score (nSPS) is 15.5. The van der Waals surface area contributed by atoms with E-state index in [9.17, 15) is 14.7 Å². The van der Waals surface area contributed by atoms with Crippen LogP contribution < -0.4 is 10.1 Å². The van der Waals surface area contributed by atoms with Gasteiger partial charge in [0, 0.05) is 24.7 Å². The molecule has 29 heavy (non-hydrogen) atoms. The molecule has 1 aromatic carbocycles. The Bertz CT molecular complexity index is 905. The predicted octanol–water partition coefficient (Wildman–Crippen LogP) is 2.09. The molecular formula is C20H25N3O6. The number of ether oxygens (including phenoxy) is 2. The molecule has 1 aromatic heterocycles. The zero-order chi connectivity index (χ0) is 21.2. The van der Waals surface area contributed by atoms with Gasteiger partial charge in [0.05, 0.1) is 6.04 Å². The lowest BCUT2D eigenvalue weighted by atomic mass is 10.1. The lowest BCUT2D eigenvalue weighted by Gasteiger charge is -2.37. The van der Waals surface area contributed by atoms with Gasteiger partial charge in [0.25, 0.3) is 0 Å². The Balaban J connectivity index is 1.62. The summed E-state index contributed by atoms with van der Waals surface area (Å²) in [4.78, 5) is 28.4. The Morgan fingerprint density at radius 3 is 2.69 bits per heavy atom. The van der Waals surface area contributed by atoms with Crippen molar-refractivity contribution in [3.8, 4) is 5.75 Å². The SMILES string of the molecule is CC(C)(C)OC(=O)C(O)COc1ccc2c(NC3CN(C(=O)O)C3)nccc2c1. The molecule has 1 fully saturated rings. The van der Waals surface area contributed by atoms with Gasteiger partial charge in [-0.3, -0.25) is 0 Å². The van der Waals surface area contributed by atoms with Gasteiger partial charge in [-0.1, -0.05) is 0 Å². The molecule has 0 bridgehead atoms. The Labute approximate surface area is 168 Å². The lowest BCUT2D eigenvalue weighted by molar-refractivity contribution is -0.166. The number of carbonyl (C=O) groups is 2. The van der Waals surface area contributed by atoms with E-state index in [4.69, 9.17) is 14.6 Å². The van der Waals surface area contributed by atoms with Gasteiger partial charge in [0.1, 0.15) is 23.8 Å². The molecule has 156 valence electrons. The second-order valence-electron chi connectivity index (χ2n) is 7.93. The van der Waals surface area contributed by atoms with Crippen molar-refractivity contribution >= 4 is 28.7 Å². The fourth-order valence-electron chi connectivity index (χ4n) is 2.89. The Morgan fingerprint density at radius 1 is 1.31 bits per heavy atom. The van der Waals surface area contributed by atoms with Crippen LogP contribution in [-0.4, -0.2) is 69.6 Å². The van der Waals surface area contributed by atoms with E-state index in [0.717, 1.165) is 10.8 Å². The molecule has 9 heteroatoms. The number of nitrogens with zero attached hydrogens (tertiary/aromatic N) is 2. The number of benzene rings is 1. The summed E-state index contributed by atoms with van der Waals surface area (Å²) < 4.78 is 10.7. The van der Waals surface area contributed by atoms with Gasteiger partial charge in [-0.2, -0.15) is 0 Å². The Hall–Kier alpha value is -3.07. The maximum absolute atomic E-state index is 11.8. The van der Waals surface area contributed by atoms with Gasteiger partial charge in [-0.25, -0.2) is 14.6 Å². The molecule has 0 aliphatic carbocycles. The molecule has 3 N–H and O–H groups in total. The van der Waals surface area contributed by atoms with E-state index in [2.05, 4.69) is 10.3 Å². The van der Waals surface area contributed by atoms with Gasteiger partial charge in [0.2, 0.25) is 0 Å². The van der Waals surface area contributed by atoms with Crippen LogP contribution in [-0.2, 0) is 9.53 Å². The summed E-state index contributed by atoms with van der Waals surface area (Å²) in [6, 6.07) is 7.18. The standard InChI is InChI=1S/C20H25N3O6/c1-20(2,3)29-18(25)16(24)11-28-14-4-5-15-12(8-14)6-7-21-17(15)22-13-9-23(10-13)19(26)27/h4-8,13,16,24H,9-11H2,1-3H3,(H,21,22)(H,26,27). The minimum atomic E-state index is -1.38. The zero-order valence-electron chi connectivity index (χ0n) is 16.6. The van der Waals surface area contributed by atoms with E-state index < -0.39 is 23.8 Å². The molecule has 2 heterocycles. The number of amides is 1. The number of hydrogen-bond acceptors (Lipinski definition) is 7. The van der Waals surface area contributed by atoms with Crippen molar-refractivity contribution in [2.45, 2.75) is 38.5 Å². The first-order chi connectivity index (χ1) is 13.6. The molecule has 0 saturated carbocycles. The zero-order valence-corrected chi connectivity index (χ0v) is 16.6. The molecule has 1 aliphatic rings. The van der Waals surface area contributed by atoms with Gasteiger partial charge in [-0.15, -0.1) is 0 Å². The van der Waals surface area contributed by atoms with Gasteiger partial charge in [0.15, 0.2) is 6.10 Å². The first-order valence-corrected chi connectivity index (χ1v) is 9.29. The summed E-state index contributed by atoms with van der Waals surface area (Å²) in [5, 5.41) is 23.8. The number of aromatic nitrogens is 1. The largest absolute Gasteiger partial charge is 0.490 e. The number of aliphatic hydroxyl groups excluding tert-OH is 1. The van der Waals surface area contributed by atoms with Crippen LogP contribution in [0.25, 0.3) is 10.8 Å². The van der Waals surface area contributed by atoms with Crippen LogP contribution in [0.3, 0.4) is 0 Å². The summed E-state index contributed by atoms with van der Waals surface area (Å²) in [6.07, 6.45) is -0.655. The van der Waals surface area contributed by atoms with Crippen molar-refractivity contribution in [1.29, 1.82) is 0 Å². The number of esters is 1. The summed E-state index contributed by atoms with van der Waals surface area (Å²) in [6.45, 7) is 5.79. The fourth-order valence-corrected chi connectivity index (χ4v) is 2.89. The number of carboxylic acid groups (broad SMARTS) is 1. The minimum Gasteiger partial charge on any atom is -0.490 e. The van der Waals surface area contributed by atoms with E-state index in [0.29, 0.717) is 24.7 Å². The molecular weight excluding hydrogens is 378 g/mol. The molecule has 0 spiro atoms. The molecule has 1 amide bonds. The third-order valence-electron chi connectivity index (χ3n) is 4.32. The molecule has 1 aliphatic heterocycles. The van der Waals surface area contributed by atoms with Crippen LogP contribution in [0.4, 0.5) is 10.6 Å². The van der Waals surface area contributed by atoms with Crippen LogP contribution >= 0.6 is 0 Å². The summed E-state index contributed by atoms with van der Waals surface area (Å²) in [7, 11) is 0. The van der Waals surface area contributed by atoms with Crippen molar-refractivity contribution < 1.29 is 29.3 Å². The maximum Gasteiger partial charge on any atom is 0.407 e. The first-order valence-electron chi connectivity index (χ1n) is 9.29. The van der Waals surface area contributed by atoms with Gasteiger partial charge >= 0.3 is 12.1 Å². The number of carbonyl (C=O) groups excluding carboxylic acids is 1. The average molecular weight is 403 g/mol. The number of aliphatic hydroxyl groups is 1. The number of pyridine rings is 1.